The standard InChI is InChI=1S/C16H28N4O3S.HI/c1-3-18-16(19-11-5-6-12-23-4-2)20-13-14-7-9-15(10-8-14)24(17,21)22;/h7-10H,3-6,11-13H2,1-2H3,(H2,17,21,22)(H2,18,19,20);1H. The average molecular weight is 484 g/mol. The average Bonchev–Trinajstić information content (AvgIpc) is 2.55. The summed E-state index contributed by atoms with van der Waals surface area (Å²) < 4.78 is 27.8. The minimum atomic E-state index is -3.65. The number of aliphatic imine (C=N–C) groups is 1. The highest BCUT2D eigenvalue weighted by Gasteiger charge is 2.06. The number of nitrogens with zero attached hydrogens (tertiary/aromatic N) is 1. The molecule has 0 saturated carbocycles. The van der Waals surface area contributed by atoms with Crippen LogP contribution in [0.15, 0.2) is 34.2 Å². The summed E-state index contributed by atoms with van der Waals surface area (Å²) in [6, 6.07) is 6.42. The van der Waals surface area contributed by atoms with Crippen molar-refractivity contribution in [2.24, 2.45) is 10.1 Å². The Morgan fingerprint density at radius 1 is 1.16 bits per heavy atom. The van der Waals surface area contributed by atoms with Gasteiger partial charge in [-0.05, 0) is 44.4 Å². The van der Waals surface area contributed by atoms with Crippen LogP contribution in [0, 0.1) is 0 Å². The Labute approximate surface area is 167 Å². The number of hydrogen-bond acceptors (Lipinski definition) is 4. The van der Waals surface area contributed by atoms with Crippen molar-refractivity contribution in [2.45, 2.75) is 38.1 Å². The summed E-state index contributed by atoms with van der Waals surface area (Å²) >= 11 is 0. The molecule has 0 unspecified atom stereocenters. The van der Waals surface area contributed by atoms with Gasteiger partial charge >= 0.3 is 0 Å². The molecule has 0 atom stereocenters. The third-order valence-electron chi connectivity index (χ3n) is 3.23. The molecule has 1 rings (SSSR count). The predicted molar refractivity (Wildman–Crippen MR) is 112 cm³/mol. The fourth-order valence-electron chi connectivity index (χ4n) is 1.98. The minimum absolute atomic E-state index is 0. The van der Waals surface area contributed by atoms with Crippen LogP contribution in [0.1, 0.15) is 32.3 Å². The van der Waals surface area contributed by atoms with Crippen molar-refractivity contribution in [1.82, 2.24) is 10.6 Å². The Morgan fingerprint density at radius 2 is 1.84 bits per heavy atom. The summed E-state index contributed by atoms with van der Waals surface area (Å²) in [7, 11) is -3.65. The third kappa shape index (κ3) is 10.6. The smallest absolute Gasteiger partial charge is 0.238 e. The van der Waals surface area contributed by atoms with Gasteiger partial charge in [-0.2, -0.15) is 0 Å². The summed E-state index contributed by atoms with van der Waals surface area (Å²) in [5.41, 5.74) is 0.913. The summed E-state index contributed by atoms with van der Waals surface area (Å²) in [4.78, 5) is 4.60. The van der Waals surface area contributed by atoms with E-state index in [0.29, 0.717) is 6.54 Å². The quantitative estimate of drug-likeness (QED) is 0.203. The van der Waals surface area contributed by atoms with Gasteiger partial charge in [-0.3, -0.25) is 0 Å². The van der Waals surface area contributed by atoms with E-state index in [1.807, 2.05) is 13.8 Å². The molecule has 1 aromatic carbocycles. The molecule has 0 radical (unpaired) electrons. The van der Waals surface area contributed by atoms with Gasteiger partial charge in [0.2, 0.25) is 10.0 Å². The predicted octanol–water partition coefficient (Wildman–Crippen LogP) is 1.82. The van der Waals surface area contributed by atoms with E-state index < -0.39 is 10.0 Å². The fraction of sp³-hybridized carbons (Fsp3) is 0.562. The normalized spacial score (nSPS) is 11.7. The summed E-state index contributed by atoms with van der Waals surface area (Å²) in [5.74, 6) is 0.740. The maximum atomic E-state index is 11.2. The highest BCUT2D eigenvalue weighted by atomic mass is 127. The molecule has 25 heavy (non-hydrogen) atoms. The maximum absolute atomic E-state index is 11.2. The van der Waals surface area contributed by atoms with E-state index in [1.165, 1.54) is 12.1 Å². The second kappa shape index (κ2) is 13.3. The van der Waals surface area contributed by atoms with E-state index in [4.69, 9.17) is 9.88 Å². The zero-order valence-corrected chi connectivity index (χ0v) is 18.0. The van der Waals surface area contributed by atoms with Gasteiger partial charge in [-0.15, -0.1) is 24.0 Å². The number of nitrogens with two attached hydrogens (primary N) is 1. The number of ether oxygens (including phenoxy) is 1. The van der Waals surface area contributed by atoms with Gasteiger partial charge in [0.15, 0.2) is 5.96 Å². The third-order valence-corrected chi connectivity index (χ3v) is 4.16. The van der Waals surface area contributed by atoms with Gasteiger partial charge in [-0.25, -0.2) is 18.5 Å². The summed E-state index contributed by atoms with van der Waals surface area (Å²) in [5, 5.41) is 11.5. The van der Waals surface area contributed by atoms with Crippen molar-refractivity contribution in [2.75, 3.05) is 26.3 Å². The van der Waals surface area contributed by atoms with Crippen LogP contribution in [0.25, 0.3) is 0 Å². The van der Waals surface area contributed by atoms with Gasteiger partial charge in [0.1, 0.15) is 0 Å². The highest BCUT2D eigenvalue weighted by Crippen LogP contribution is 2.09. The van der Waals surface area contributed by atoms with E-state index in [9.17, 15) is 8.42 Å². The van der Waals surface area contributed by atoms with Gasteiger partial charge in [0.25, 0.3) is 0 Å². The van der Waals surface area contributed by atoms with Crippen LogP contribution in [0.3, 0.4) is 0 Å². The van der Waals surface area contributed by atoms with E-state index in [1.54, 1.807) is 12.1 Å². The van der Waals surface area contributed by atoms with E-state index in [-0.39, 0.29) is 28.9 Å². The Hall–Kier alpha value is -0.910. The van der Waals surface area contributed by atoms with Crippen LogP contribution in [-0.4, -0.2) is 40.7 Å². The van der Waals surface area contributed by atoms with Crippen molar-refractivity contribution in [1.29, 1.82) is 0 Å². The fourth-order valence-corrected chi connectivity index (χ4v) is 2.49. The monoisotopic (exact) mass is 484 g/mol. The Bertz CT molecular complexity index is 606. The number of benzene rings is 1. The molecule has 0 aliphatic carbocycles. The zero-order chi connectivity index (χ0) is 17.8. The number of halogens is 1. The second-order valence-electron chi connectivity index (χ2n) is 5.21. The summed E-state index contributed by atoms with van der Waals surface area (Å²) in [6.45, 7) is 7.58. The molecule has 0 aromatic heterocycles. The molecule has 9 heteroatoms. The first kappa shape index (κ1) is 24.1. The SMILES string of the molecule is CCNC(=NCc1ccc(S(N)(=O)=O)cc1)NCCCCOCC.I. The molecule has 1 aromatic rings. The zero-order valence-electron chi connectivity index (χ0n) is 14.8. The van der Waals surface area contributed by atoms with Gasteiger partial charge in [0.05, 0.1) is 11.4 Å². The lowest BCUT2D eigenvalue weighted by Crippen LogP contribution is -2.37. The molecule has 4 N–H and O–H groups in total. The number of sulfonamides is 1. The van der Waals surface area contributed by atoms with Gasteiger partial charge in [-0.1, -0.05) is 12.1 Å². The van der Waals surface area contributed by atoms with Crippen molar-refractivity contribution >= 4 is 40.0 Å². The molecule has 144 valence electrons. The first-order valence-corrected chi connectivity index (χ1v) is 9.73. The van der Waals surface area contributed by atoms with Crippen LogP contribution < -0.4 is 15.8 Å². The van der Waals surface area contributed by atoms with Crippen LogP contribution >= 0.6 is 24.0 Å². The number of primary sulfonamides is 1. The van der Waals surface area contributed by atoms with Crippen LogP contribution in [0.2, 0.25) is 0 Å². The minimum Gasteiger partial charge on any atom is -0.382 e. The summed E-state index contributed by atoms with van der Waals surface area (Å²) in [6.07, 6.45) is 2.02. The Morgan fingerprint density at radius 3 is 2.40 bits per heavy atom. The molecule has 0 fully saturated rings. The highest BCUT2D eigenvalue weighted by molar-refractivity contribution is 14.0. The molecule has 0 spiro atoms. The topological polar surface area (TPSA) is 106 Å². The van der Waals surface area contributed by atoms with Crippen LogP contribution in [-0.2, 0) is 21.3 Å². The Balaban J connectivity index is 0.00000576. The molecule has 0 heterocycles. The molecular formula is C16H29IN4O3S. The van der Waals surface area contributed by atoms with E-state index in [0.717, 1.165) is 50.7 Å². The number of hydrogen-bond donors (Lipinski definition) is 3. The first-order chi connectivity index (χ1) is 11.5. The van der Waals surface area contributed by atoms with Crippen LogP contribution in [0.5, 0.6) is 0 Å². The second-order valence-corrected chi connectivity index (χ2v) is 6.78. The van der Waals surface area contributed by atoms with Crippen molar-refractivity contribution in [3.63, 3.8) is 0 Å². The molecule has 0 bridgehead atoms. The van der Waals surface area contributed by atoms with Gasteiger partial charge in [0, 0.05) is 26.3 Å². The molecule has 7 nitrogen and oxygen atoms in total. The lowest BCUT2D eigenvalue weighted by atomic mass is 10.2. The largest absolute Gasteiger partial charge is 0.382 e. The lowest BCUT2D eigenvalue weighted by Gasteiger charge is -2.11. The number of guanidine groups is 1. The van der Waals surface area contributed by atoms with Crippen molar-refractivity contribution < 1.29 is 13.2 Å². The molecule has 0 amide bonds. The lowest BCUT2D eigenvalue weighted by molar-refractivity contribution is 0.143. The first-order valence-electron chi connectivity index (χ1n) is 8.19. The number of unbranched alkanes of at least 4 members (excludes halogenated alkanes) is 1. The molecule has 0 aliphatic heterocycles. The molecular weight excluding hydrogens is 455 g/mol. The van der Waals surface area contributed by atoms with E-state index in [2.05, 4.69) is 15.6 Å². The molecule has 0 aliphatic rings. The van der Waals surface area contributed by atoms with E-state index >= 15 is 0 Å². The molecule has 0 saturated heterocycles. The Kier molecular flexibility index (Phi) is 12.8. The maximum Gasteiger partial charge on any atom is 0.238 e. The van der Waals surface area contributed by atoms with Crippen molar-refractivity contribution in [3.8, 4) is 0 Å². The van der Waals surface area contributed by atoms with Crippen LogP contribution in [0.4, 0.5) is 0 Å². The number of nitrogens with one attached hydrogen (secondary N) is 2. The van der Waals surface area contributed by atoms with Crippen molar-refractivity contribution in [3.05, 3.63) is 29.8 Å². The van der Waals surface area contributed by atoms with Gasteiger partial charge < -0.3 is 15.4 Å². The number of rotatable bonds is 10.